The summed E-state index contributed by atoms with van der Waals surface area (Å²) < 4.78 is 10.2. The summed E-state index contributed by atoms with van der Waals surface area (Å²) in [4.78, 5) is 10.4. The fourth-order valence-corrected chi connectivity index (χ4v) is 1.32. The molecule has 0 heterocycles. The minimum atomic E-state index is -0.111. The predicted molar refractivity (Wildman–Crippen MR) is 83.1 cm³/mol. The highest BCUT2D eigenvalue weighted by Crippen LogP contribution is 2.27. The molecule has 0 aliphatic rings. The number of rotatable bonds is 5. The summed E-state index contributed by atoms with van der Waals surface area (Å²) in [6.07, 6.45) is 3.03. The van der Waals surface area contributed by atoms with E-state index in [2.05, 4.69) is 18.5 Å². The molecule has 0 aliphatic carbocycles. The van der Waals surface area contributed by atoms with Crippen molar-refractivity contribution < 1.29 is 14.3 Å². The van der Waals surface area contributed by atoms with E-state index in [0.29, 0.717) is 0 Å². The third-order valence-corrected chi connectivity index (χ3v) is 2.26. The van der Waals surface area contributed by atoms with Crippen molar-refractivity contribution in [3.8, 4) is 11.5 Å². The standard InChI is InChI=1S/C10H12O2.C6H11NO/c1-4-8-5-6-9(11-2)10(7-8)12-3;1-4-6(8)7-5(2)3/h4-7H,1H2,2-3H3;4-5H,1H2,2-3H3,(H,7,8). The Morgan fingerprint density at radius 1 is 1.20 bits per heavy atom. The number of methoxy groups -OCH3 is 2. The number of ether oxygens (including phenoxy) is 2. The summed E-state index contributed by atoms with van der Waals surface area (Å²) >= 11 is 0. The highest BCUT2D eigenvalue weighted by molar-refractivity contribution is 5.86. The summed E-state index contributed by atoms with van der Waals surface area (Å²) in [5.41, 5.74) is 1.02. The van der Waals surface area contributed by atoms with E-state index < -0.39 is 0 Å². The van der Waals surface area contributed by atoms with Crippen LogP contribution in [0.4, 0.5) is 0 Å². The Balaban J connectivity index is 0.000000396. The normalized spacial score (nSPS) is 9.05. The van der Waals surface area contributed by atoms with E-state index in [1.807, 2.05) is 32.0 Å². The lowest BCUT2D eigenvalue weighted by molar-refractivity contribution is -0.116. The van der Waals surface area contributed by atoms with E-state index >= 15 is 0 Å². The molecule has 1 N–H and O–H groups in total. The van der Waals surface area contributed by atoms with Crippen molar-refractivity contribution in [2.45, 2.75) is 19.9 Å². The van der Waals surface area contributed by atoms with Gasteiger partial charge in [0.15, 0.2) is 11.5 Å². The zero-order chi connectivity index (χ0) is 15.5. The first-order chi connectivity index (χ1) is 9.48. The fraction of sp³-hybridized carbons (Fsp3) is 0.312. The molecule has 4 heteroatoms. The largest absolute Gasteiger partial charge is 0.493 e. The highest BCUT2D eigenvalue weighted by Gasteiger charge is 2.01. The minimum Gasteiger partial charge on any atom is -0.493 e. The monoisotopic (exact) mass is 277 g/mol. The summed E-state index contributed by atoms with van der Waals surface area (Å²) in [5, 5.41) is 2.64. The number of carbonyl (C=O) groups excluding carboxylic acids is 1. The van der Waals surface area contributed by atoms with Gasteiger partial charge in [0.1, 0.15) is 0 Å². The van der Waals surface area contributed by atoms with Gasteiger partial charge in [-0.15, -0.1) is 0 Å². The van der Waals surface area contributed by atoms with Gasteiger partial charge in [0.25, 0.3) is 0 Å². The zero-order valence-electron chi connectivity index (χ0n) is 12.6. The average molecular weight is 277 g/mol. The molecule has 1 rings (SSSR count). The summed E-state index contributed by atoms with van der Waals surface area (Å²) in [6, 6.07) is 5.87. The van der Waals surface area contributed by atoms with Gasteiger partial charge in [-0.2, -0.15) is 0 Å². The minimum absolute atomic E-state index is 0.111. The first kappa shape index (κ1) is 17.8. The first-order valence-electron chi connectivity index (χ1n) is 6.25. The second-order valence-electron chi connectivity index (χ2n) is 4.19. The van der Waals surface area contributed by atoms with Gasteiger partial charge < -0.3 is 14.8 Å². The molecule has 1 amide bonds. The van der Waals surface area contributed by atoms with Crippen molar-refractivity contribution in [3.05, 3.63) is 43.0 Å². The quantitative estimate of drug-likeness (QED) is 0.841. The molecule has 1 aromatic carbocycles. The maximum atomic E-state index is 10.4. The van der Waals surface area contributed by atoms with Gasteiger partial charge in [0, 0.05) is 6.04 Å². The number of hydrogen-bond donors (Lipinski definition) is 1. The Hall–Kier alpha value is -2.23. The molecule has 110 valence electrons. The van der Waals surface area contributed by atoms with Crippen LogP contribution in [0.5, 0.6) is 11.5 Å². The molecule has 0 bridgehead atoms. The fourth-order valence-electron chi connectivity index (χ4n) is 1.32. The van der Waals surface area contributed by atoms with Crippen LogP contribution < -0.4 is 14.8 Å². The zero-order valence-corrected chi connectivity index (χ0v) is 12.6. The Bertz CT molecular complexity index is 453. The molecule has 4 nitrogen and oxygen atoms in total. The number of amides is 1. The smallest absolute Gasteiger partial charge is 0.243 e. The van der Waals surface area contributed by atoms with Gasteiger partial charge in [-0.05, 0) is 37.6 Å². The van der Waals surface area contributed by atoms with Crippen molar-refractivity contribution in [1.82, 2.24) is 5.32 Å². The van der Waals surface area contributed by atoms with Gasteiger partial charge in [-0.25, -0.2) is 0 Å². The molecule has 1 aromatic rings. The molecule has 20 heavy (non-hydrogen) atoms. The topological polar surface area (TPSA) is 47.6 Å². The van der Waals surface area contributed by atoms with Crippen LogP contribution in [0, 0.1) is 0 Å². The Morgan fingerprint density at radius 2 is 1.80 bits per heavy atom. The van der Waals surface area contributed by atoms with Crippen LogP contribution >= 0.6 is 0 Å². The van der Waals surface area contributed by atoms with E-state index in [-0.39, 0.29) is 11.9 Å². The second kappa shape index (κ2) is 9.67. The Labute approximate surface area is 121 Å². The third-order valence-electron chi connectivity index (χ3n) is 2.26. The van der Waals surface area contributed by atoms with Crippen molar-refractivity contribution in [3.63, 3.8) is 0 Å². The van der Waals surface area contributed by atoms with Crippen molar-refractivity contribution >= 4 is 12.0 Å². The summed E-state index contributed by atoms with van der Waals surface area (Å²) in [6.45, 7) is 10.8. The summed E-state index contributed by atoms with van der Waals surface area (Å²) in [7, 11) is 3.23. The van der Waals surface area contributed by atoms with Crippen molar-refractivity contribution in [2.24, 2.45) is 0 Å². The molecule has 0 saturated carbocycles. The van der Waals surface area contributed by atoms with E-state index in [9.17, 15) is 4.79 Å². The molecule has 0 spiro atoms. The van der Waals surface area contributed by atoms with Crippen LogP contribution in [0.3, 0.4) is 0 Å². The van der Waals surface area contributed by atoms with Crippen LogP contribution in [-0.2, 0) is 4.79 Å². The van der Waals surface area contributed by atoms with E-state index in [0.717, 1.165) is 17.1 Å². The van der Waals surface area contributed by atoms with Gasteiger partial charge in [0.2, 0.25) is 5.91 Å². The van der Waals surface area contributed by atoms with E-state index in [4.69, 9.17) is 9.47 Å². The molecule has 0 atom stereocenters. The number of hydrogen-bond acceptors (Lipinski definition) is 3. The highest BCUT2D eigenvalue weighted by atomic mass is 16.5. The lowest BCUT2D eigenvalue weighted by Crippen LogP contribution is -2.27. The SMILES string of the molecule is C=CC(=O)NC(C)C.C=Cc1ccc(OC)c(OC)c1. The van der Waals surface area contributed by atoms with Crippen molar-refractivity contribution in [1.29, 1.82) is 0 Å². The Kier molecular flexibility index (Phi) is 8.59. The first-order valence-corrected chi connectivity index (χ1v) is 6.25. The van der Waals surface area contributed by atoms with Crippen LogP contribution in [0.1, 0.15) is 19.4 Å². The van der Waals surface area contributed by atoms with Crippen LogP contribution in [-0.4, -0.2) is 26.2 Å². The van der Waals surface area contributed by atoms with Crippen LogP contribution in [0.25, 0.3) is 6.08 Å². The molecule has 0 unspecified atom stereocenters. The lowest BCUT2D eigenvalue weighted by Gasteiger charge is -2.07. The summed E-state index contributed by atoms with van der Waals surface area (Å²) in [5.74, 6) is 1.36. The Morgan fingerprint density at radius 3 is 2.15 bits per heavy atom. The van der Waals surface area contributed by atoms with Crippen molar-refractivity contribution in [2.75, 3.05) is 14.2 Å². The second-order valence-corrected chi connectivity index (χ2v) is 4.19. The average Bonchev–Trinajstić information content (AvgIpc) is 2.46. The lowest BCUT2D eigenvalue weighted by atomic mass is 10.2. The van der Waals surface area contributed by atoms with Crippen LogP contribution in [0.2, 0.25) is 0 Å². The predicted octanol–water partition coefficient (Wildman–Crippen LogP) is 3.04. The number of benzene rings is 1. The molecule has 0 aliphatic heterocycles. The van der Waals surface area contributed by atoms with E-state index in [1.54, 1.807) is 20.3 Å². The molecular weight excluding hydrogens is 254 g/mol. The molecule has 0 fully saturated rings. The third kappa shape index (κ3) is 6.64. The van der Waals surface area contributed by atoms with Gasteiger partial charge in [-0.1, -0.05) is 25.3 Å². The van der Waals surface area contributed by atoms with Gasteiger partial charge in [0.05, 0.1) is 14.2 Å². The number of nitrogens with one attached hydrogen (secondary N) is 1. The maximum absolute atomic E-state index is 10.4. The molecule has 0 saturated heterocycles. The number of carbonyl (C=O) groups is 1. The molecular formula is C16H23NO3. The van der Waals surface area contributed by atoms with Gasteiger partial charge >= 0.3 is 0 Å². The molecule has 0 aromatic heterocycles. The van der Waals surface area contributed by atoms with Gasteiger partial charge in [-0.3, -0.25) is 4.79 Å². The van der Waals surface area contributed by atoms with E-state index in [1.165, 1.54) is 6.08 Å². The maximum Gasteiger partial charge on any atom is 0.243 e. The molecule has 0 radical (unpaired) electrons. The van der Waals surface area contributed by atoms with Crippen LogP contribution in [0.15, 0.2) is 37.4 Å².